The van der Waals surface area contributed by atoms with Gasteiger partial charge in [-0.25, -0.2) is 4.79 Å². The normalized spacial score (nSPS) is 11.3. The molecule has 0 fully saturated rings. The second kappa shape index (κ2) is 6.29. The standard InChI is InChI=1S/C14H8F3NO4S/c15-14(16,17)10-7-8(18(21)22)5-6-12(10)23-11-4-2-1-3-9(11)13(19)20/h1-7H,(H,19,20). The summed E-state index contributed by atoms with van der Waals surface area (Å²) < 4.78 is 39.3. The lowest BCUT2D eigenvalue weighted by molar-refractivity contribution is -0.385. The van der Waals surface area contributed by atoms with Gasteiger partial charge in [-0.3, -0.25) is 10.1 Å². The maximum Gasteiger partial charge on any atom is 0.417 e. The summed E-state index contributed by atoms with van der Waals surface area (Å²) in [5, 5.41) is 19.7. The molecule has 0 amide bonds. The first-order chi connectivity index (χ1) is 10.7. The number of nitro groups is 1. The summed E-state index contributed by atoms with van der Waals surface area (Å²) in [6.07, 6.45) is -4.80. The van der Waals surface area contributed by atoms with Gasteiger partial charge in [0.25, 0.3) is 5.69 Å². The van der Waals surface area contributed by atoms with Gasteiger partial charge in [-0.15, -0.1) is 0 Å². The molecular formula is C14H8F3NO4S. The second-order valence-corrected chi connectivity index (χ2v) is 5.42. The summed E-state index contributed by atoms with van der Waals surface area (Å²) in [5.74, 6) is -1.27. The molecule has 0 unspecified atom stereocenters. The predicted molar refractivity (Wildman–Crippen MR) is 75.6 cm³/mol. The summed E-state index contributed by atoms with van der Waals surface area (Å²) in [7, 11) is 0. The van der Waals surface area contributed by atoms with E-state index in [1.54, 1.807) is 0 Å². The van der Waals surface area contributed by atoms with Gasteiger partial charge in [0.05, 0.1) is 16.1 Å². The number of alkyl halides is 3. The lowest BCUT2D eigenvalue weighted by atomic mass is 10.2. The first kappa shape index (κ1) is 16.8. The average molecular weight is 343 g/mol. The van der Waals surface area contributed by atoms with Gasteiger partial charge in [0.1, 0.15) is 0 Å². The van der Waals surface area contributed by atoms with Gasteiger partial charge in [-0.05, 0) is 18.2 Å². The largest absolute Gasteiger partial charge is 0.478 e. The van der Waals surface area contributed by atoms with Gasteiger partial charge in [-0.1, -0.05) is 23.9 Å². The molecule has 5 nitrogen and oxygen atoms in total. The van der Waals surface area contributed by atoms with E-state index in [1.165, 1.54) is 24.3 Å². The number of nitro benzene ring substituents is 1. The number of benzene rings is 2. The van der Waals surface area contributed by atoms with Crippen LogP contribution in [0.3, 0.4) is 0 Å². The van der Waals surface area contributed by atoms with Crippen LogP contribution in [0, 0.1) is 10.1 Å². The van der Waals surface area contributed by atoms with E-state index in [4.69, 9.17) is 5.11 Å². The van der Waals surface area contributed by atoms with Gasteiger partial charge >= 0.3 is 12.1 Å². The van der Waals surface area contributed by atoms with E-state index < -0.39 is 28.3 Å². The number of aromatic carboxylic acids is 1. The summed E-state index contributed by atoms with van der Waals surface area (Å²) >= 11 is 0.593. The third kappa shape index (κ3) is 3.81. The molecule has 2 rings (SSSR count). The highest BCUT2D eigenvalue weighted by Crippen LogP contribution is 2.41. The van der Waals surface area contributed by atoms with Gasteiger partial charge in [-0.2, -0.15) is 13.2 Å². The number of hydrogen-bond acceptors (Lipinski definition) is 4. The Hall–Kier alpha value is -2.55. The molecule has 0 heterocycles. The van der Waals surface area contributed by atoms with Crippen LogP contribution in [-0.2, 0) is 6.18 Å². The van der Waals surface area contributed by atoms with Crippen molar-refractivity contribution in [3.05, 3.63) is 63.7 Å². The first-order valence-corrected chi connectivity index (χ1v) is 6.87. The van der Waals surface area contributed by atoms with Crippen molar-refractivity contribution in [1.82, 2.24) is 0 Å². The van der Waals surface area contributed by atoms with Crippen LogP contribution in [0.25, 0.3) is 0 Å². The molecule has 0 aliphatic heterocycles. The van der Waals surface area contributed by atoms with Crippen molar-refractivity contribution in [2.24, 2.45) is 0 Å². The zero-order valence-corrected chi connectivity index (χ0v) is 12.0. The molecule has 120 valence electrons. The highest BCUT2D eigenvalue weighted by atomic mass is 32.2. The van der Waals surface area contributed by atoms with Gasteiger partial charge < -0.3 is 5.11 Å². The monoisotopic (exact) mass is 343 g/mol. The van der Waals surface area contributed by atoms with Crippen molar-refractivity contribution in [1.29, 1.82) is 0 Å². The Balaban J connectivity index is 2.52. The maximum atomic E-state index is 13.1. The van der Waals surface area contributed by atoms with Crippen molar-refractivity contribution in [3.8, 4) is 0 Å². The number of halogens is 3. The van der Waals surface area contributed by atoms with Crippen molar-refractivity contribution < 1.29 is 28.0 Å². The molecule has 0 bridgehead atoms. The summed E-state index contributed by atoms with van der Waals surface area (Å²) in [6.45, 7) is 0. The van der Waals surface area contributed by atoms with Crippen LogP contribution in [0.4, 0.5) is 18.9 Å². The minimum Gasteiger partial charge on any atom is -0.478 e. The number of carbonyl (C=O) groups is 1. The van der Waals surface area contributed by atoms with Crippen molar-refractivity contribution >= 4 is 23.4 Å². The van der Waals surface area contributed by atoms with Crippen LogP contribution in [0.1, 0.15) is 15.9 Å². The van der Waals surface area contributed by atoms with E-state index >= 15 is 0 Å². The quantitative estimate of drug-likeness (QED) is 0.655. The molecule has 0 radical (unpaired) electrons. The highest BCUT2D eigenvalue weighted by Gasteiger charge is 2.35. The smallest absolute Gasteiger partial charge is 0.417 e. The van der Waals surface area contributed by atoms with Crippen LogP contribution >= 0.6 is 11.8 Å². The van der Waals surface area contributed by atoms with Crippen LogP contribution < -0.4 is 0 Å². The zero-order valence-electron chi connectivity index (χ0n) is 11.2. The van der Waals surface area contributed by atoms with Crippen molar-refractivity contribution in [2.45, 2.75) is 16.0 Å². The minimum atomic E-state index is -4.80. The van der Waals surface area contributed by atoms with Crippen LogP contribution in [0.2, 0.25) is 0 Å². The summed E-state index contributed by atoms with van der Waals surface area (Å²) in [6, 6.07) is 7.93. The summed E-state index contributed by atoms with van der Waals surface area (Å²) in [4.78, 5) is 20.6. The SMILES string of the molecule is O=C(O)c1ccccc1Sc1ccc([N+](=O)[O-])cc1C(F)(F)F. The van der Waals surface area contributed by atoms with E-state index in [0.717, 1.165) is 12.1 Å². The number of carboxylic acids is 1. The molecule has 0 saturated heterocycles. The van der Waals surface area contributed by atoms with E-state index in [0.29, 0.717) is 17.8 Å². The van der Waals surface area contributed by atoms with E-state index in [9.17, 15) is 28.1 Å². The summed E-state index contributed by atoms with van der Waals surface area (Å²) in [5.41, 5.74) is -2.02. The lowest BCUT2D eigenvalue weighted by Crippen LogP contribution is -2.08. The highest BCUT2D eigenvalue weighted by molar-refractivity contribution is 7.99. The van der Waals surface area contributed by atoms with Crippen molar-refractivity contribution in [3.63, 3.8) is 0 Å². The Morgan fingerprint density at radius 1 is 1.13 bits per heavy atom. The van der Waals surface area contributed by atoms with Gasteiger partial charge in [0.2, 0.25) is 0 Å². The Labute approximate surface area is 131 Å². The number of hydrogen-bond donors (Lipinski definition) is 1. The average Bonchev–Trinajstić information content (AvgIpc) is 2.46. The molecule has 1 N–H and O–H groups in total. The molecule has 0 aliphatic carbocycles. The number of rotatable bonds is 4. The fraction of sp³-hybridized carbons (Fsp3) is 0.0714. The Bertz CT molecular complexity index is 777. The number of non-ortho nitro benzene ring substituents is 1. The van der Waals surface area contributed by atoms with Crippen LogP contribution in [0.15, 0.2) is 52.3 Å². The topological polar surface area (TPSA) is 80.4 Å². The van der Waals surface area contributed by atoms with Gasteiger partial charge in [0, 0.05) is 21.9 Å². The minimum absolute atomic E-state index is 0.111. The predicted octanol–water partition coefficient (Wildman–Crippen LogP) is 4.46. The molecular weight excluding hydrogens is 335 g/mol. The Morgan fingerprint density at radius 2 is 1.78 bits per heavy atom. The number of carboxylic acid groups (broad SMARTS) is 1. The molecule has 2 aromatic rings. The van der Waals surface area contributed by atoms with E-state index in [-0.39, 0.29) is 15.4 Å². The third-order valence-corrected chi connectivity index (χ3v) is 3.97. The van der Waals surface area contributed by atoms with Crippen molar-refractivity contribution in [2.75, 3.05) is 0 Å². The Morgan fingerprint density at radius 3 is 2.35 bits per heavy atom. The molecule has 9 heteroatoms. The van der Waals surface area contributed by atoms with Crippen LogP contribution in [-0.4, -0.2) is 16.0 Å². The van der Waals surface area contributed by atoms with E-state index in [1.807, 2.05) is 0 Å². The molecule has 0 saturated carbocycles. The van der Waals surface area contributed by atoms with Gasteiger partial charge in [0.15, 0.2) is 0 Å². The van der Waals surface area contributed by atoms with E-state index in [2.05, 4.69) is 0 Å². The van der Waals surface area contributed by atoms with Crippen LogP contribution in [0.5, 0.6) is 0 Å². The fourth-order valence-electron chi connectivity index (χ4n) is 1.79. The number of nitrogens with zero attached hydrogens (tertiary/aromatic N) is 1. The third-order valence-electron chi connectivity index (χ3n) is 2.82. The second-order valence-electron chi connectivity index (χ2n) is 4.34. The lowest BCUT2D eigenvalue weighted by Gasteiger charge is -2.13. The zero-order chi connectivity index (χ0) is 17.2. The maximum absolute atomic E-state index is 13.1. The fourth-order valence-corrected chi connectivity index (χ4v) is 2.86. The molecule has 0 aliphatic rings. The Kier molecular flexibility index (Phi) is 4.60. The molecule has 23 heavy (non-hydrogen) atoms. The molecule has 0 atom stereocenters. The molecule has 0 aromatic heterocycles. The molecule has 2 aromatic carbocycles. The first-order valence-electron chi connectivity index (χ1n) is 6.06. The molecule has 0 spiro atoms.